The van der Waals surface area contributed by atoms with Crippen molar-refractivity contribution in [2.75, 3.05) is 32.2 Å². The standard InChI is InChI=1S/C17H27ClN2O5/c1-2-3-11-24-16(22)14-7-5-9-19(14)15(21)13-6-4-10-20(13)17(23)25-12-8-18/h13-14H,2-12H2,1H3. The van der Waals surface area contributed by atoms with Crippen molar-refractivity contribution in [3.63, 3.8) is 0 Å². The predicted octanol–water partition coefficient (Wildman–Crippen LogP) is 2.16. The summed E-state index contributed by atoms with van der Waals surface area (Å²) < 4.78 is 10.3. The first kappa shape index (κ1) is 19.8. The molecule has 0 aromatic heterocycles. The summed E-state index contributed by atoms with van der Waals surface area (Å²) in [6, 6.07) is -1.10. The van der Waals surface area contributed by atoms with Crippen LogP contribution in [0.2, 0.25) is 0 Å². The second kappa shape index (κ2) is 9.85. The summed E-state index contributed by atoms with van der Waals surface area (Å²) in [7, 11) is 0. The number of carbonyl (C=O) groups is 3. The molecule has 25 heavy (non-hydrogen) atoms. The molecule has 0 spiro atoms. The average molecular weight is 375 g/mol. The lowest BCUT2D eigenvalue weighted by Gasteiger charge is -2.30. The van der Waals surface area contributed by atoms with Gasteiger partial charge < -0.3 is 14.4 Å². The van der Waals surface area contributed by atoms with E-state index in [9.17, 15) is 14.4 Å². The van der Waals surface area contributed by atoms with Crippen LogP contribution in [-0.4, -0.2) is 72.0 Å². The SMILES string of the molecule is CCCCOC(=O)C1CCCN1C(=O)C1CCCN1C(=O)OCCCl. The molecule has 2 atom stereocenters. The van der Waals surface area contributed by atoms with Gasteiger partial charge in [0.05, 0.1) is 12.5 Å². The first-order chi connectivity index (χ1) is 12.1. The van der Waals surface area contributed by atoms with Crippen LogP contribution in [0.3, 0.4) is 0 Å². The molecule has 2 amide bonds. The minimum absolute atomic E-state index is 0.119. The minimum Gasteiger partial charge on any atom is -0.464 e. The van der Waals surface area contributed by atoms with E-state index in [-0.39, 0.29) is 24.4 Å². The normalized spacial score (nSPS) is 23.0. The van der Waals surface area contributed by atoms with E-state index in [1.165, 1.54) is 4.90 Å². The van der Waals surface area contributed by atoms with Gasteiger partial charge in [0.2, 0.25) is 5.91 Å². The van der Waals surface area contributed by atoms with Crippen LogP contribution in [0.1, 0.15) is 45.4 Å². The molecule has 8 heteroatoms. The van der Waals surface area contributed by atoms with Crippen LogP contribution >= 0.6 is 11.6 Å². The fourth-order valence-electron chi connectivity index (χ4n) is 3.33. The molecule has 0 radical (unpaired) electrons. The number of ether oxygens (including phenoxy) is 2. The van der Waals surface area contributed by atoms with Crippen LogP contribution in [0.4, 0.5) is 4.79 Å². The maximum absolute atomic E-state index is 12.9. The number of carbonyl (C=O) groups excluding carboxylic acids is 3. The Kier molecular flexibility index (Phi) is 7.81. The number of likely N-dealkylation sites (tertiary alicyclic amines) is 2. The van der Waals surface area contributed by atoms with Crippen molar-refractivity contribution < 1.29 is 23.9 Å². The highest BCUT2D eigenvalue weighted by Crippen LogP contribution is 2.26. The summed E-state index contributed by atoms with van der Waals surface area (Å²) >= 11 is 5.54. The lowest BCUT2D eigenvalue weighted by molar-refractivity contribution is -0.154. The first-order valence-electron chi connectivity index (χ1n) is 9.06. The maximum Gasteiger partial charge on any atom is 0.410 e. The Bertz CT molecular complexity index is 488. The van der Waals surface area contributed by atoms with Gasteiger partial charge in [-0.25, -0.2) is 9.59 Å². The van der Waals surface area contributed by atoms with Crippen LogP contribution in [0, 0.1) is 0 Å². The second-order valence-corrected chi connectivity index (χ2v) is 6.74. The molecule has 0 aromatic rings. The molecule has 2 saturated heterocycles. The zero-order valence-electron chi connectivity index (χ0n) is 14.7. The molecule has 2 rings (SSSR count). The lowest BCUT2D eigenvalue weighted by Crippen LogP contribution is -2.51. The monoisotopic (exact) mass is 374 g/mol. The van der Waals surface area contributed by atoms with E-state index < -0.39 is 18.2 Å². The number of hydrogen-bond donors (Lipinski definition) is 0. The predicted molar refractivity (Wildman–Crippen MR) is 92.4 cm³/mol. The largest absolute Gasteiger partial charge is 0.464 e. The molecule has 2 heterocycles. The highest BCUT2D eigenvalue weighted by molar-refractivity contribution is 6.18. The highest BCUT2D eigenvalue weighted by atomic mass is 35.5. The minimum atomic E-state index is -0.563. The van der Waals surface area contributed by atoms with Crippen molar-refractivity contribution >= 4 is 29.6 Å². The zero-order chi connectivity index (χ0) is 18.2. The first-order valence-corrected chi connectivity index (χ1v) is 9.60. The van der Waals surface area contributed by atoms with Gasteiger partial charge >= 0.3 is 12.1 Å². The van der Waals surface area contributed by atoms with Crippen molar-refractivity contribution in [1.82, 2.24) is 9.80 Å². The average Bonchev–Trinajstić information content (AvgIpc) is 3.28. The number of nitrogens with zero attached hydrogens (tertiary/aromatic N) is 2. The van der Waals surface area contributed by atoms with Gasteiger partial charge in [-0.2, -0.15) is 0 Å². The Labute approximate surface area is 153 Å². The van der Waals surface area contributed by atoms with Gasteiger partial charge in [-0.1, -0.05) is 13.3 Å². The van der Waals surface area contributed by atoms with E-state index in [1.807, 2.05) is 6.92 Å². The number of rotatable bonds is 7. The Morgan fingerprint density at radius 2 is 1.68 bits per heavy atom. The topological polar surface area (TPSA) is 76.2 Å². The van der Waals surface area contributed by atoms with Gasteiger partial charge in [-0.15, -0.1) is 11.6 Å². The molecule has 7 nitrogen and oxygen atoms in total. The van der Waals surface area contributed by atoms with Gasteiger partial charge in [0.1, 0.15) is 18.7 Å². The summed E-state index contributed by atoms with van der Waals surface area (Å²) in [5.74, 6) is -0.306. The van der Waals surface area contributed by atoms with Gasteiger partial charge in [-0.3, -0.25) is 9.69 Å². The molecule has 142 valence electrons. The van der Waals surface area contributed by atoms with Crippen LogP contribution in [0.5, 0.6) is 0 Å². The molecule has 0 saturated carbocycles. The van der Waals surface area contributed by atoms with Crippen molar-refractivity contribution in [2.45, 2.75) is 57.5 Å². The third-order valence-corrected chi connectivity index (χ3v) is 4.78. The Morgan fingerprint density at radius 1 is 1.00 bits per heavy atom. The lowest BCUT2D eigenvalue weighted by atomic mass is 10.1. The molecule has 0 aromatic carbocycles. The van der Waals surface area contributed by atoms with E-state index in [1.54, 1.807) is 4.90 Å². The van der Waals surface area contributed by atoms with Crippen molar-refractivity contribution in [3.05, 3.63) is 0 Å². The van der Waals surface area contributed by atoms with E-state index in [4.69, 9.17) is 21.1 Å². The van der Waals surface area contributed by atoms with Crippen LogP contribution < -0.4 is 0 Å². The Morgan fingerprint density at radius 3 is 2.36 bits per heavy atom. The quantitative estimate of drug-likeness (QED) is 0.388. The summed E-state index contributed by atoms with van der Waals surface area (Å²) in [6.07, 6.45) is 3.95. The number of alkyl halides is 1. The van der Waals surface area contributed by atoms with E-state index >= 15 is 0 Å². The number of halogens is 1. The maximum atomic E-state index is 12.9. The second-order valence-electron chi connectivity index (χ2n) is 6.37. The van der Waals surface area contributed by atoms with Crippen LogP contribution in [-0.2, 0) is 19.1 Å². The van der Waals surface area contributed by atoms with E-state index in [2.05, 4.69) is 0 Å². The van der Waals surface area contributed by atoms with Crippen LogP contribution in [0.15, 0.2) is 0 Å². The molecule has 2 unspecified atom stereocenters. The van der Waals surface area contributed by atoms with Crippen molar-refractivity contribution in [1.29, 1.82) is 0 Å². The third kappa shape index (κ3) is 5.00. The number of hydrogen-bond acceptors (Lipinski definition) is 5. The number of esters is 1. The van der Waals surface area contributed by atoms with Gasteiger partial charge in [0, 0.05) is 13.1 Å². The number of unbranched alkanes of at least 4 members (excludes halogenated alkanes) is 1. The molecule has 2 fully saturated rings. The van der Waals surface area contributed by atoms with Crippen molar-refractivity contribution in [2.24, 2.45) is 0 Å². The molecule has 0 bridgehead atoms. The fraction of sp³-hybridized carbons (Fsp3) is 0.824. The molecule has 2 aliphatic rings. The fourth-order valence-corrected chi connectivity index (χ4v) is 3.41. The van der Waals surface area contributed by atoms with Crippen LogP contribution in [0.25, 0.3) is 0 Å². The number of amides is 2. The smallest absolute Gasteiger partial charge is 0.410 e. The molecular formula is C17H27ClN2O5. The van der Waals surface area contributed by atoms with E-state index in [0.29, 0.717) is 32.5 Å². The third-order valence-electron chi connectivity index (χ3n) is 4.63. The van der Waals surface area contributed by atoms with Gasteiger partial charge in [0.25, 0.3) is 0 Å². The van der Waals surface area contributed by atoms with Gasteiger partial charge in [-0.05, 0) is 32.1 Å². The molecule has 0 aliphatic carbocycles. The Hall–Kier alpha value is -1.50. The highest BCUT2D eigenvalue weighted by Gasteiger charge is 2.43. The van der Waals surface area contributed by atoms with E-state index in [0.717, 1.165) is 25.7 Å². The summed E-state index contributed by atoms with van der Waals surface area (Å²) in [5, 5.41) is 0. The summed E-state index contributed by atoms with van der Waals surface area (Å²) in [4.78, 5) is 40.3. The molecular weight excluding hydrogens is 348 g/mol. The summed E-state index contributed by atoms with van der Waals surface area (Å²) in [6.45, 7) is 3.53. The summed E-state index contributed by atoms with van der Waals surface area (Å²) in [5.41, 5.74) is 0. The van der Waals surface area contributed by atoms with Crippen molar-refractivity contribution in [3.8, 4) is 0 Å². The Balaban J connectivity index is 1.97. The van der Waals surface area contributed by atoms with Gasteiger partial charge in [0.15, 0.2) is 0 Å². The molecule has 0 N–H and O–H groups in total. The zero-order valence-corrected chi connectivity index (χ0v) is 15.5. The molecule has 2 aliphatic heterocycles.